The highest BCUT2D eigenvalue weighted by Crippen LogP contribution is 2.30. The zero-order valence-electron chi connectivity index (χ0n) is 9.32. The second kappa shape index (κ2) is 4.97. The smallest absolute Gasteiger partial charge is 0.308 e. The maximum Gasteiger partial charge on any atom is 0.308 e. The predicted molar refractivity (Wildman–Crippen MR) is 58.8 cm³/mol. The minimum atomic E-state index is -0.578. The maximum absolute atomic E-state index is 11.2. The van der Waals surface area contributed by atoms with Gasteiger partial charge < -0.3 is 5.11 Å². The minimum absolute atomic E-state index is 0.100. The number of carboxylic acids is 1. The van der Waals surface area contributed by atoms with Gasteiger partial charge in [-0.1, -0.05) is 19.3 Å². The van der Waals surface area contributed by atoms with E-state index >= 15 is 0 Å². The molecule has 2 aliphatic rings. The van der Waals surface area contributed by atoms with Crippen molar-refractivity contribution in [3.05, 3.63) is 0 Å². The van der Waals surface area contributed by atoms with Crippen molar-refractivity contribution in [2.75, 3.05) is 13.1 Å². The molecule has 0 radical (unpaired) electrons. The number of carbonyl (C=O) groups is 1. The van der Waals surface area contributed by atoms with Crippen molar-refractivity contribution in [1.82, 2.24) is 4.90 Å². The zero-order chi connectivity index (χ0) is 10.7. The monoisotopic (exact) mass is 211 g/mol. The van der Waals surface area contributed by atoms with Gasteiger partial charge in [-0.05, 0) is 38.8 Å². The first kappa shape index (κ1) is 10.9. The number of hydrogen-bond donors (Lipinski definition) is 1. The number of aliphatic carboxylic acids is 1. The Morgan fingerprint density at radius 3 is 2.33 bits per heavy atom. The van der Waals surface area contributed by atoms with Crippen LogP contribution in [0.15, 0.2) is 0 Å². The van der Waals surface area contributed by atoms with E-state index in [0.29, 0.717) is 6.04 Å². The van der Waals surface area contributed by atoms with Crippen LogP contribution in [0.5, 0.6) is 0 Å². The highest BCUT2D eigenvalue weighted by molar-refractivity contribution is 5.71. The summed E-state index contributed by atoms with van der Waals surface area (Å²) in [6.45, 7) is 2.24. The Hall–Kier alpha value is -0.570. The van der Waals surface area contributed by atoms with E-state index < -0.39 is 5.97 Å². The van der Waals surface area contributed by atoms with E-state index in [0.717, 1.165) is 32.4 Å². The maximum atomic E-state index is 11.2. The van der Waals surface area contributed by atoms with Gasteiger partial charge in [-0.15, -0.1) is 0 Å². The van der Waals surface area contributed by atoms with Crippen LogP contribution in [0.25, 0.3) is 0 Å². The van der Waals surface area contributed by atoms with Crippen molar-refractivity contribution in [3.63, 3.8) is 0 Å². The first-order valence-corrected chi connectivity index (χ1v) is 6.26. The molecule has 1 aliphatic carbocycles. The fourth-order valence-corrected chi connectivity index (χ4v) is 3.09. The van der Waals surface area contributed by atoms with Crippen LogP contribution in [-0.4, -0.2) is 35.1 Å². The van der Waals surface area contributed by atoms with Gasteiger partial charge >= 0.3 is 5.97 Å². The molecule has 0 unspecified atom stereocenters. The van der Waals surface area contributed by atoms with Crippen LogP contribution < -0.4 is 0 Å². The van der Waals surface area contributed by atoms with E-state index in [1.807, 2.05) is 0 Å². The first-order chi connectivity index (χ1) is 7.29. The van der Waals surface area contributed by atoms with Crippen molar-refractivity contribution >= 4 is 5.97 Å². The molecular weight excluding hydrogens is 190 g/mol. The molecule has 2 atom stereocenters. The quantitative estimate of drug-likeness (QED) is 0.760. The molecule has 2 fully saturated rings. The lowest BCUT2D eigenvalue weighted by molar-refractivity contribution is -0.145. The zero-order valence-corrected chi connectivity index (χ0v) is 9.32. The lowest BCUT2D eigenvalue weighted by Gasteiger charge is -2.40. The topological polar surface area (TPSA) is 40.5 Å². The largest absolute Gasteiger partial charge is 0.481 e. The van der Waals surface area contributed by atoms with Gasteiger partial charge in [0.1, 0.15) is 0 Å². The van der Waals surface area contributed by atoms with Gasteiger partial charge in [-0.2, -0.15) is 0 Å². The summed E-state index contributed by atoms with van der Waals surface area (Å²) < 4.78 is 0. The Morgan fingerprint density at radius 2 is 1.67 bits per heavy atom. The molecule has 3 heteroatoms. The highest BCUT2D eigenvalue weighted by Gasteiger charge is 2.34. The van der Waals surface area contributed by atoms with Gasteiger partial charge in [-0.3, -0.25) is 9.69 Å². The summed E-state index contributed by atoms with van der Waals surface area (Å²) in [5.41, 5.74) is 0. The van der Waals surface area contributed by atoms with Gasteiger partial charge in [0.15, 0.2) is 0 Å². The molecule has 0 aromatic carbocycles. The molecule has 0 aromatic rings. The predicted octanol–water partition coefficient (Wildman–Crippen LogP) is 2.12. The van der Waals surface area contributed by atoms with Gasteiger partial charge in [-0.25, -0.2) is 0 Å². The third kappa shape index (κ3) is 2.51. The summed E-state index contributed by atoms with van der Waals surface area (Å²) >= 11 is 0. The average molecular weight is 211 g/mol. The molecule has 1 saturated carbocycles. The van der Waals surface area contributed by atoms with Crippen LogP contribution in [0.4, 0.5) is 0 Å². The van der Waals surface area contributed by atoms with Crippen molar-refractivity contribution in [2.24, 2.45) is 5.92 Å². The molecule has 3 nitrogen and oxygen atoms in total. The first-order valence-electron chi connectivity index (χ1n) is 6.26. The standard InChI is InChI=1S/C12H21NO2/c14-12(15)10-6-2-3-7-11(10)13-8-4-1-5-9-13/h10-11H,1-9H2,(H,14,15)/t10-,11-/m0/s1. The Kier molecular flexibility index (Phi) is 3.62. The molecular formula is C12H21NO2. The number of likely N-dealkylation sites (tertiary alicyclic amines) is 1. The second-order valence-electron chi connectivity index (χ2n) is 4.89. The fraction of sp³-hybridized carbons (Fsp3) is 0.917. The van der Waals surface area contributed by atoms with Crippen molar-refractivity contribution in [2.45, 2.75) is 51.0 Å². The molecule has 1 heterocycles. The van der Waals surface area contributed by atoms with Crippen LogP contribution in [-0.2, 0) is 4.79 Å². The molecule has 0 amide bonds. The number of hydrogen-bond acceptors (Lipinski definition) is 2. The molecule has 0 spiro atoms. The fourth-order valence-electron chi connectivity index (χ4n) is 3.09. The van der Waals surface area contributed by atoms with Gasteiger partial charge in [0.25, 0.3) is 0 Å². The lowest BCUT2D eigenvalue weighted by atomic mass is 9.83. The normalized spacial score (nSPS) is 33.9. The number of piperidine rings is 1. The molecule has 86 valence electrons. The number of rotatable bonds is 2. The van der Waals surface area contributed by atoms with E-state index in [1.54, 1.807) is 0 Å². The Morgan fingerprint density at radius 1 is 1.00 bits per heavy atom. The summed E-state index contributed by atoms with van der Waals surface area (Å²) in [7, 11) is 0. The third-order valence-electron chi connectivity index (χ3n) is 3.91. The van der Waals surface area contributed by atoms with Gasteiger partial charge in [0.2, 0.25) is 0 Å². The van der Waals surface area contributed by atoms with Crippen LogP contribution in [0.1, 0.15) is 44.9 Å². The molecule has 1 saturated heterocycles. The van der Waals surface area contributed by atoms with E-state index in [2.05, 4.69) is 4.90 Å². The molecule has 0 aromatic heterocycles. The van der Waals surface area contributed by atoms with Crippen molar-refractivity contribution in [1.29, 1.82) is 0 Å². The molecule has 0 bridgehead atoms. The summed E-state index contributed by atoms with van der Waals surface area (Å²) in [5, 5.41) is 9.21. The highest BCUT2D eigenvalue weighted by atomic mass is 16.4. The Bertz CT molecular complexity index is 224. The van der Waals surface area contributed by atoms with Gasteiger partial charge in [0.05, 0.1) is 5.92 Å². The summed E-state index contributed by atoms with van der Waals surface area (Å²) in [5.74, 6) is -0.679. The van der Waals surface area contributed by atoms with E-state index in [1.165, 1.54) is 25.7 Å². The number of nitrogens with zero attached hydrogens (tertiary/aromatic N) is 1. The SMILES string of the molecule is O=C(O)[C@H]1CCCC[C@@H]1N1CCCCC1. The summed E-state index contributed by atoms with van der Waals surface area (Å²) in [4.78, 5) is 13.6. The number of carboxylic acid groups (broad SMARTS) is 1. The van der Waals surface area contributed by atoms with Crippen LogP contribution in [0.2, 0.25) is 0 Å². The van der Waals surface area contributed by atoms with Crippen LogP contribution >= 0.6 is 0 Å². The molecule has 2 rings (SSSR count). The Labute approximate surface area is 91.5 Å². The second-order valence-corrected chi connectivity index (χ2v) is 4.89. The van der Waals surface area contributed by atoms with Gasteiger partial charge in [0, 0.05) is 6.04 Å². The third-order valence-corrected chi connectivity index (χ3v) is 3.91. The van der Waals surface area contributed by atoms with Crippen LogP contribution in [0, 0.1) is 5.92 Å². The molecule has 15 heavy (non-hydrogen) atoms. The molecule has 1 N–H and O–H groups in total. The van der Waals surface area contributed by atoms with E-state index in [4.69, 9.17) is 0 Å². The van der Waals surface area contributed by atoms with E-state index in [-0.39, 0.29) is 5.92 Å². The lowest BCUT2D eigenvalue weighted by Crippen LogP contribution is -2.47. The van der Waals surface area contributed by atoms with Crippen molar-refractivity contribution in [3.8, 4) is 0 Å². The minimum Gasteiger partial charge on any atom is -0.481 e. The Balaban J connectivity index is 1.99. The van der Waals surface area contributed by atoms with Crippen LogP contribution in [0.3, 0.4) is 0 Å². The van der Waals surface area contributed by atoms with Crippen molar-refractivity contribution < 1.29 is 9.90 Å². The molecule has 1 aliphatic heterocycles. The average Bonchev–Trinajstić information content (AvgIpc) is 2.30. The van der Waals surface area contributed by atoms with E-state index in [9.17, 15) is 9.90 Å². The summed E-state index contributed by atoms with van der Waals surface area (Å²) in [6, 6.07) is 0.330. The summed E-state index contributed by atoms with van der Waals surface area (Å²) in [6.07, 6.45) is 8.12.